The summed E-state index contributed by atoms with van der Waals surface area (Å²) in [7, 11) is 5.99. The van der Waals surface area contributed by atoms with Crippen molar-refractivity contribution in [3.8, 4) is 0 Å². The average molecular weight is 1270 g/mol. The Kier molecular flexibility index (Phi) is 26.4. The molecule has 6 heterocycles. The second kappa shape index (κ2) is 33.6. The van der Waals surface area contributed by atoms with Crippen molar-refractivity contribution in [3.63, 3.8) is 0 Å². The van der Waals surface area contributed by atoms with Crippen molar-refractivity contribution in [2.24, 2.45) is 35.3 Å². The third-order valence-corrected chi connectivity index (χ3v) is 18.6. The number of Topliss-reactive ketones (excluding diaryl/α,β-unsaturated/α-hetero) is 3. The Hall–Kier alpha value is -6.87. The van der Waals surface area contributed by atoms with Crippen LogP contribution in [0.4, 0.5) is 16.7 Å². The summed E-state index contributed by atoms with van der Waals surface area (Å²) in [6.07, 6.45) is 14.4. The third-order valence-electron chi connectivity index (χ3n) is 18.6. The second-order valence-corrected chi connectivity index (χ2v) is 25.2. The lowest BCUT2D eigenvalue weighted by Crippen LogP contribution is -2.61. The molecular formula is C66H96N10O15. The zero-order valence-corrected chi connectivity index (χ0v) is 54.5. The number of amides is 3. The summed E-state index contributed by atoms with van der Waals surface area (Å²) in [5.74, 6) is -7.84. The van der Waals surface area contributed by atoms with E-state index in [4.69, 9.17) is 34.2 Å². The zero-order chi connectivity index (χ0) is 66.1. The van der Waals surface area contributed by atoms with Crippen LogP contribution in [0.3, 0.4) is 0 Å². The predicted octanol–water partition coefficient (Wildman–Crippen LogP) is 5.07. The van der Waals surface area contributed by atoms with E-state index in [1.807, 2.05) is 54.0 Å². The highest BCUT2D eigenvalue weighted by atomic mass is 16.6. The number of hydrogen-bond donors (Lipinski definition) is 5. The lowest BCUT2D eigenvalue weighted by atomic mass is 9.80. The van der Waals surface area contributed by atoms with Crippen LogP contribution in [0.25, 0.3) is 0 Å². The summed E-state index contributed by atoms with van der Waals surface area (Å²) in [6, 6.07) is -2.21. The van der Waals surface area contributed by atoms with Crippen molar-refractivity contribution < 1.29 is 72.2 Å². The van der Waals surface area contributed by atoms with Crippen LogP contribution >= 0.6 is 0 Å². The summed E-state index contributed by atoms with van der Waals surface area (Å²) in [5, 5.41) is 29.0. The number of cyclic esters (lactones) is 1. The van der Waals surface area contributed by atoms with Gasteiger partial charge in [0.25, 0.3) is 17.6 Å². The first-order chi connectivity index (χ1) is 43.5. The molecule has 15 atom stereocenters. The van der Waals surface area contributed by atoms with E-state index < -0.39 is 108 Å². The fourth-order valence-electron chi connectivity index (χ4n) is 12.8. The summed E-state index contributed by atoms with van der Waals surface area (Å²) in [4.78, 5) is 120. The number of aromatic nitrogens is 4. The molecule has 1 saturated carbocycles. The van der Waals surface area contributed by atoms with E-state index in [0.717, 1.165) is 10.5 Å². The van der Waals surface area contributed by atoms with Crippen LogP contribution in [0.5, 0.6) is 0 Å². The topological polar surface area (TPSA) is 327 Å². The van der Waals surface area contributed by atoms with Crippen LogP contribution in [-0.4, -0.2) is 198 Å². The Morgan fingerprint density at radius 1 is 0.791 bits per heavy atom. The molecule has 2 aromatic rings. The van der Waals surface area contributed by atoms with Crippen LogP contribution < -0.4 is 26.2 Å². The molecule has 1 aliphatic carbocycles. The molecule has 25 nitrogen and oxygen atoms in total. The van der Waals surface area contributed by atoms with Gasteiger partial charge in [0.1, 0.15) is 36.2 Å². The number of hydrogen-bond acceptors (Lipinski definition) is 22. The third kappa shape index (κ3) is 18.9. The first-order valence-electron chi connectivity index (χ1n) is 32.0. The molecule has 25 heteroatoms. The number of piperidine rings is 1. The number of ketones is 3. The van der Waals surface area contributed by atoms with Crippen molar-refractivity contribution >= 4 is 53.1 Å². The van der Waals surface area contributed by atoms with Gasteiger partial charge in [-0.25, -0.2) is 29.5 Å². The van der Waals surface area contributed by atoms with E-state index in [1.165, 1.54) is 26.6 Å². The summed E-state index contributed by atoms with van der Waals surface area (Å²) in [6.45, 7) is 13.1. The molecule has 0 spiro atoms. The number of nitrogens with one attached hydrogen (secondary N) is 2. The fourth-order valence-corrected chi connectivity index (χ4v) is 12.8. The molecule has 4 fully saturated rings. The molecule has 2 bridgehead atoms. The maximum Gasteiger partial charge on any atom is 0.407 e. The van der Waals surface area contributed by atoms with Crippen molar-refractivity contribution in [1.29, 1.82) is 0 Å². The van der Waals surface area contributed by atoms with E-state index in [9.17, 15) is 43.8 Å². The molecule has 3 amide bonds. The number of anilines is 2. The van der Waals surface area contributed by atoms with Gasteiger partial charge in [0, 0.05) is 135 Å². The number of piperazine rings is 1. The average Bonchev–Trinajstić information content (AvgIpc) is 0.803. The monoisotopic (exact) mass is 1270 g/mol. The van der Waals surface area contributed by atoms with E-state index >= 15 is 0 Å². The molecule has 0 aromatic carbocycles. The molecule has 500 valence electrons. The minimum Gasteiger partial charge on any atom is -0.459 e. The van der Waals surface area contributed by atoms with Crippen molar-refractivity contribution in [1.82, 2.24) is 35.5 Å². The van der Waals surface area contributed by atoms with Crippen molar-refractivity contribution in [2.45, 2.75) is 186 Å². The summed E-state index contributed by atoms with van der Waals surface area (Å²) >= 11 is 0. The molecule has 2 aromatic heterocycles. The van der Waals surface area contributed by atoms with Gasteiger partial charge in [0.2, 0.25) is 17.7 Å². The summed E-state index contributed by atoms with van der Waals surface area (Å²) in [5.41, 5.74) is 9.24. The minimum absolute atomic E-state index is 0.0132. The Morgan fingerprint density at radius 3 is 2.10 bits per heavy atom. The van der Waals surface area contributed by atoms with Gasteiger partial charge in [0.05, 0.1) is 23.9 Å². The van der Waals surface area contributed by atoms with Gasteiger partial charge in [-0.05, 0) is 101 Å². The van der Waals surface area contributed by atoms with E-state index in [-0.39, 0.29) is 62.3 Å². The van der Waals surface area contributed by atoms with Crippen LogP contribution in [0.1, 0.15) is 135 Å². The van der Waals surface area contributed by atoms with Crippen LogP contribution in [-0.2, 0) is 58.9 Å². The first-order valence-corrected chi connectivity index (χ1v) is 32.0. The molecule has 6 N–H and O–H groups in total. The lowest BCUT2D eigenvalue weighted by Gasteiger charge is -2.42. The molecule has 0 unspecified atom stereocenters. The van der Waals surface area contributed by atoms with Crippen LogP contribution in [0, 0.1) is 29.6 Å². The maximum absolute atomic E-state index is 14.7. The number of rotatable bonds is 12. The highest BCUT2D eigenvalue weighted by Crippen LogP contribution is 2.38. The van der Waals surface area contributed by atoms with Crippen molar-refractivity contribution in [3.05, 3.63) is 83.5 Å². The number of aliphatic hydroxyl groups is 2. The van der Waals surface area contributed by atoms with Gasteiger partial charge in [-0.1, -0.05) is 64.2 Å². The van der Waals surface area contributed by atoms with Gasteiger partial charge >= 0.3 is 12.1 Å². The van der Waals surface area contributed by atoms with E-state index in [2.05, 4.69) is 30.6 Å². The number of allylic oxidation sites excluding steroid dienone is 6. The Labute approximate surface area is 534 Å². The lowest BCUT2D eigenvalue weighted by molar-refractivity contribution is -0.265. The number of fused-ring (bicyclic) bond motifs is 3. The number of aliphatic hydroxyl groups excluding tert-OH is 1. The standard InChI is InChI=1S/C66H96N10O15/c1-39-16-12-11-13-17-40(2)53(86-8)32-48-21-19-44(6)66(85,91-48)59(80)61(82)76-23-15-14-18-50(76)62(83)89-54(33-51(77)41(3)29-43(5)57(79)58(88-10)56(78)42(4)28-39)49(67)30-45-20-22-52(55(31-45)87-9)90-65(84)73-36-46-34-69-63(70-35-46)74-24-26-75(27-25-74)64-71-37-47(38-72-64)60(81)68-7/h11-13,16-17,29,34-35,37-39,41-42,44-45,48-50,52-55,57-58,79,85H,14-15,18-28,30-33,36,67H2,1-10H3,(H,68,81)(H,73,84)/b13-11+,16-12+,40-17+,43-29+/t39-,41-,42-,44-,45+,48+,49-,50+,52-,53+,54+,55-,57-,58+,66-/m1/s1. The number of esters is 1. The molecule has 5 aliphatic rings. The molecule has 4 aliphatic heterocycles. The van der Waals surface area contributed by atoms with Crippen LogP contribution in [0.15, 0.2) is 72.4 Å². The molecule has 3 saturated heterocycles. The number of carbonyl (C=O) groups is 7. The van der Waals surface area contributed by atoms with E-state index in [0.29, 0.717) is 106 Å². The molecular weight excluding hydrogens is 1170 g/mol. The highest BCUT2D eigenvalue weighted by Gasteiger charge is 2.53. The quantitative estimate of drug-likeness (QED) is 0.105. The number of carbonyl (C=O) groups excluding carboxylic acids is 7. The number of methoxy groups -OCH3 is 3. The normalized spacial score (nSPS) is 33.0. The maximum atomic E-state index is 14.7. The number of alkyl carbamates (subject to hydrolysis) is 1. The largest absolute Gasteiger partial charge is 0.459 e. The smallest absolute Gasteiger partial charge is 0.407 e. The molecule has 91 heavy (non-hydrogen) atoms. The number of ether oxygens (including phenoxy) is 6. The SMILES string of the molecule is CNC(=O)c1cnc(N2CCN(c3ncc(CNC(=O)O[C@@H]4CC[C@@H](C[C@@H](N)[C@@H]5CC(=O)[C@H](C)/C=C(\C)[C@@H](O)[C@@H](OC)C(=O)[C@H](C)C[C@H](C)/C=C/C=C/C=C(\C)[C@@H](OC)C[C@@H]6CC[C@@H](C)[C@@](O)(O6)C(=O)C(=O)N6CCCC[C@H]6C(=O)O5)C[C@H]4OC)cn3)CC2)nc1. The minimum atomic E-state index is -2.50. The number of nitrogens with zero attached hydrogens (tertiary/aromatic N) is 7. The number of nitrogens with two attached hydrogens (primary N) is 1. The van der Waals surface area contributed by atoms with Gasteiger partial charge in [-0.15, -0.1) is 0 Å². The highest BCUT2D eigenvalue weighted by molar-refractivity contribution is 6.39. The Bertz CT molecular complexity index is 2940. The Morgan fingerprint density at radius 2 is 1.46 bits per heavy atom. The van der Waals surface area contributed by atoms with Crippen molar-refractivity contribution in [2.75, 3.05) is 70.9 Å². The second-order valence-electron chi connectivity index (χ2n) is 25.2. The fraction of sp³-hybridized carbons (Fsp3) is 0.652. The van der Waals surface area contributed by atoms with Gasteiger partial charge in [-0.3, -0.25) is 24.0 Å². The zero-order valence-electron chi connectivity index (χ0n) is 54.5. The summed E-state index contributed by atoms with van der Waals surface area (Å²) < 4.78 is 35.7. The molecule has 7 rings (SSSR count). The molecule has 0 radical (unpaired) electrons. The predicted molar refractivity (Wildman–Crippen MR) is 337 cm³/mol. The van der Waals surface area contributed by atoms with Gasteiger partial charge in [-0.2, -0.15) is 0 Å². The van der Waals surface area contributed by atoms with Gasteiger partial charge in [0.15, 0.2) is 5.78 Å². The first kappa shape index (κ1) is 71.6. The van der Waals surface area contributed by atoms with Gasteiger partial charge < -0.3 is 69.7 Å². The van der Waals surface area contributed by atoms with Crippen LogP contribution in [0.2, 0.25) is 0 Å². The Balaban J connectivity index is 1.02. The van der Waals surface area contributed by atoms with E-state index in [1.54, 1.807) is 60.3 Å².